The number of aryl methyl sites for hydroxylation is 2. The molecule has 0 spiro atoms. The molecule has 4 heterocycles. The average molecular weight is 352 g/mol. The maximum absolute atomic E-state index is 5.65. The monoisotopic (exact) mass is 352 g/mol. The molecule has 3 aromatic heterocycles. The van der Waals surface area contributed by atoms with Gasteiger partial charge in [0.05, 0.1) is 34.9 Å². The molecule has 8 heteroatoms. The van der Waals surface area contributed by atoms with E-state index >= 15 is 0 Å². The van der Waals surface area contributed by atoms with Gasteiger partial charge in [0.15, 0.2) is 0 Å². The van der Waals surface area contributed by atoms with E-state index in [1.165, 1.54) is 0 Å². The van der Waals surface area contributed by atoms with Crippen LogP contribution in [0.1, 0.15) is 24.3 Å². The van der Waals surface area contributed by atoms with Gasteiger partial charge < -0.3 is 14.6 Å². The molecule has 3 aromatic rings. The maximum Gasteiger partial charge on any atom is 0.223 e. The quantitative estimate of drug-likeness (QED) is 0.748. The molecule has 134 valence electrons. The second kappa shape index (κ2) is 7.17. The molecular formula is C18H20N6O2. The summed E-state index contributed by atoms with van der Waals surface area (Å²) in [5.74, 6) is 1.25. The number of ether oxygens (including phenoxy) is 1. The number of hydrogen-bond donors (Lipinski definition) is 1. The van der Waals surface area contributed by atoms with Gasteiger partial charge in [-0.1, -0.05) is 5.16 Å². The number of nitrogens with one attached hydrogen (secondary N) is 1. The van der Waals surface area contributed by atoms with E-state index in [2.05, 4.69) is 25.4 Å². The Labute approximate surface area is 151 Å². The Kier molecular flexibility index (Phi) is 4.57. The molecule has 4 rings (SSSR count). The Hall–Kier alpha value is -2.87. The summed E-state index contributed by atoms with van der Waals surface area (Å²) >= 11 is 0. The first kappa shape index (κ1) is 16.6. The van der Waals surface area contributed by atoms with E-state index in [1.807, 2.05) is 13.8 Å². The summed E-state index contributed by atoms with van der Waals surface area (Å²) < 4.78 is 11.0. The Morgan fingerprint density at radius 2 is 2.12 bits per heavy atom. The van der Waals surface area contributed by atoms with Crippen molar-refractivity contribution in [3.63, 3.8) is 0 Å². The average Bonchev–Trinajstić information content (AvgIpc) is 3.30. The third-order valence-electron chi connectivity index (χ3n) is 4.41. The van der Waals surface area contributed by atoms with Crippen LogP contribution < -0.4 is 5.32 Å². The third kappa shape index (κ3) is 3.28. The maximum atomic E-state index is 5.65. The van der Waals surface area contributed by atoms with Crippen LogP contribution in [0.15, 0.2) is 29.3 Å². The highest BCUT2D eigenvalue weighted by molar-refractivity contribution is 5.80. The molecule has 8 nitrogen and oxygen atoms in total. The molecule has 1 atom stereocenters. The van der Waals surface area contributed by atoms with Gasteiger partial charge in [-0.05, 0) is 26.7 Å². The van der Waals surface area contributed by atoms with E-state index in [9.17, 15) is 0 Å². The van der Waals surface area contributed by atoms with Crippen molar-refractivity contribution < 1.29 is 9.26 Å². The standard InChI is InChI=1S/C18H20N6O2/c1-11-16(12(2)26-24-11)17-14(15-10-19-5-6-20-15)9-22-18(23-17)21-8-13-4-3-7-25-13/h5-6,9-10,13H,3-4,7-8H2,1-2H3,(H,21,22,23)/t13-/m0/s1. The van der Waals surface area contributed by atoms with Gasteiger partial charge in [-0.3, -0.25) is 9.97 Å². The first-order valence-electron chi connectivity index (χ1n) is 8.64. The van der Waals surface area contributed by atoms with Crippen LogP contribution in [0.2, 0.25) is 0 Å². The summed E-state index contributed by atoms with van der Waals surface area (Å²) in [7, 11) is 0. The SMILES string of the molecule is Cc1noc(C)c1-c1nc(NC[C@@H]2CCCO2)ncc1-c1cnccn1. The van der Waals surface area contributed by atoms with E-state index in [4.69, 9.17) is 14.2 Å². The van der Waals surface area contributed by atoms with Gasteiger partial charge >= 0.3 is 0 Å². The molecule has 26 heavy (non-hydrogen) atoms. The minimum Gasteiger partial charge on any atom is -0.376 e. The van der Waals surface area contributed by atoms with Crippen LogP contribution >= 0.6 is 0 Å². The highest BCUT2D eigenvalue weighted by atomic mass is 16.5. The molecule has 0 aliphatic carbocycles. The fraction of sp³-hybridized carbons (Fsp3) is 0.389. The second-order valence-electron chi connectivity index (χ2n) is 6.26. The molecule has 1 saturated heterocycles. The summed E-state index contributed by atoms with van der Waals surface area (Å²) in [6, 6.07) is 0. The topological polar surface area (TPSA) is 98.9 Å². The molecule has 0 amide bonds. The van der Waals surface area contributed by atoms with Crippen molar-refractivity contribution in [3.05, 3.63) is 36.2 Å². The highest BCUT2D eigenvalue weighted by Crippen LogP contribution is 2.33. The van der Waals surface area contributed by atoms with E-state index in [1.54, 1.807) is 24.8 Å². The van der Waals surface area contributed by atoms with Crippen LogP contribution in [0.3, 0.4) is 0 Å². The van der Waals surface area contributed by atoms with Crippen LogP contribution in [0.5, 0.6) is 0 Å². The van der Waals surface area contributed by atoms with Gasteiger partial charge in [0.2, 0.25) is 5.95 Å². The van der Waals surface area contributed by atoms with Crippen LogP contribution in [-0.4, -0.2) is 44.3 Å². The number of hydrogen-bond acceptors (Lipinski definition) is 8. The lowest BCUT2D eigenvalue weighted by Gasteiger charge is -2.13. The summed E-state index contributed by atoms with van der Waals surface area (Å²) in [6.45, 7) is 5.28. The van der Waals surface area contributed by atoms with Crippen LogP contribution in [0, 0.1) is 13.8 Å². The van der Waals surface area contributed by atoms with Crippen LogP contribution in [-0.2, 0) is 4.74 Å². The first-order chi connectivity index (χ1) is 12.7. The van der Waals surface area contributed by atoms with Crippen LogP contribution in [0.4, 0.5) is 5.95 Å². The predicted molar refractivity (Wildman–Crippen MR) is 95.5 cm³/mol. The van der Waals surface area contributed by atoms with Crippen LogP contribution in [0.25, 0.3) is 22.5 Å². The molecule has 1 fully saturated rings. The van der Waals surface area contributed by atoms with Crippen molar-refractivity contribution in [3.8, 4) is 22.5 Å². The predicted octanol–water partition coefficient (Wildman–Crippen LogP) is 2.80. The third-order valence-corrected chi connectivity index (χ3v) is 4.41. The van der Waals surface area contributed by atoms with Gasteiger partial charge in [0.25, 0.3) is 0 Å². The zero-order valence-corrected chi connectivity index (χ0v) is 14.8. The second-order valence-corrected chi connectivity index (χ2v) is 6.26. The fourth-order valence-electron chi connectivity index (χ4n) is 3.11. The Bertz CT molecular complexity index is 870. The van der Waals surface area contributed by atoms with Crippen molar-refractivity contribution >= 4 is 5.95 Å². The largest absolute Gasteiger partial charge is 0.376 e. The minimum atomic E-state index is 0.209. The number of rotatable bonds is 5. The Morgan fingerprint density at radius 3 is 2.81 bits per heavy atom. The summed E-state index contributed by atoms with van der Waals surface area (Å²) in [4.78, 5) is 17.7. The number of aromatic nitrogens is 5. The molecule has 0 bridgehead atoms. The lowest BCUT2D eigenvalue weighted by atomic mass is 10.0. The molecule has 1 aliphatic heterocycles. The zero-order chi connectivity index (χ0) is 17.9. The number of nitrogens with zero attached hydrogens (tertiary/aromatic N) is 5. The van der Waals surface area contributed by atoms with E-state index in [0.29, 0.717) is 23.9 Å². The molecule has 1 aliphatic rings. The first-order valence-corrected chi connectivity index (χ1v) is 8.64. The minimum absolute atomic E-state index is 0.209. The highest BCUT2D eigenvalue weighted by Gasteiger charge is 2.21. The van der Waals surface area contributed by atoms with E-state index < -0.39 is 0 Å². The molecule has 1 N–H and O–H groups in total. The normalized spacial score (nSPS) is 16.8. The van der Waals surface area contributed by atoms with Gasteiger partial charge in [0, 0.05) is 37.3 Å². The van der Waals surface area contributed by atoms with Crippen molar-refractivity contribution in [2.75, 3.05) is 18.5 Å². The summed E-state index contributed by atoms with van der Waals surface area (Å²) in [5.41, 5.74) is 3.85. The molecule has 0 saturated carbocycles. The van der Waals surface area contributed by atoms with Gasteiger partial charge in [0.1, 0.15) is 5.76 Å². The molecule has 0 aromatic carbocycles. The zero-order valence-electron chi connectivity index (χ0n) is 14.8. The Morgan fingerprint density at radius 1 is 1.19 bits per heavy atom. The van der Waals surface area contributed by atoms with Gasteiger partial charge in [-0.25, -0.2) is 9.97 Å². The van der Waals surface area contributed by atoms with Gasteiger partial charge in [-0.15, -0.1) is 0 Å². The molecule has 0 radical (unpaired) electrons. The summed E-state index contributed by atoms with van der Waals surface area (Å²) in [5, 5.41) is 7.33. The van der Waals surface area contributed by atoms with Crippen molar-refractivity contribution in [1.29, 1.82) is 0 Å². The number of anilines is 1. The van der Waals surface area contributed by atoms with E-state index in [-0.39, 0.29) is 6.10 Å². The van der Waals surface area contributed by atoms with Crippen molar-refractivity contribution in [2.45, 2.75) is 32.8 Å². The lowest BCUT2D eigenvalue weighted by Crippen LogP contribution is -2.19. The van der Waals surface area contributed by atoms with Crippen molar-refractivity contribution in [2.24, 2.45) is 0 Å². The van der Waals surface area contributed by atoms with Gasteiger partial charge in [-0.2, -0.15) is 0 Å². The Balaban J connectivity index is 1.72. The van der Waals surface area contributed by atoms with Crippen molar-refractivity contribution in [1.82, 2.24) is 25.1 Å². The smallest absolute Gasteiger partial charge is 0.223 e. The van der Waals surface area contributed by atoms with E-state index in [0.717, 1.165) is 42.0 Å². The lowest BCUT2D eigenvalue weighted by molar-refractivity contribution is 0.120. The summed E-state index contributed by atoms with van der Waals surface area (Å²) in [6.07, 6.45) is 9.11. The molecule has 0 unspecified atom stereocenters. The molecular weight excluding hydrogens is 332 g/mol. The fourth-order valence-corrected chi connectivity index (χ4v) is 3.11.